The van der Waals surface area contributed by atoms with Crippen LogP contribution in [-0.2, 0) is 6.54 Å². The SMILES string of the molecule is CCN(C(=O)c1ccc(CN)cc1)C(C)c1cccc(OC)c1. The summed E-state index contributed by atoms with van der Waals surface area (Å²) >= 11 is 0. The Morgan fingerprint density at radius 3 is 2.48 bits per heavy atom. The number of amides is 1. The van der Waals surface area contributed by atoms with Crippen LogP contribution in [0, 0.1) is 0 Å². The summed E-state index contributed by atoms with van der Waals surface area (Å²) in [6.07, 6.45) is 0. The fraction of sp³-hybridized carbons (Fsp3) is 0.316. The molecular formula is C19H24N2O2. The Balaban J connectivity index is 2.24. The Hall–Kier alpha value is -2.33. The number of rotatable bonds is 6. The van der Waals surface area contributed by atoms with E-state index in [1.165, 1.54) is 0 Å². The van der Waals surface area contributed by atoms with E-state index in [0.717, 1.165) is 16.9 Å². The summed E-state index contributed by atoms with van der Waals surface area (Å²) in [4.78, 5) is 14.7. The van der Waals surface area contributed by atoms with E-state index in [2.05, 4.69) is 0 Å². The van der Waals surface area contributed by atoms with Crippen LogP contribution >= 0.6 is 0 Å². The Bertz CT molecular complexity index is 653. The van der Waals surface area contributed by atoms with Crippen molar-refractivity contribution in [2.75, 3.05) is 13.7 Å². The number of ether oxygens (including phenoxy) is 1. The third kappa shape index (κ3) is 3.90. The van der Waals surface area contributed by atoms with Gasteiger partial charge in [0.15, 0.2) is 0 Å². The Morgan fingerprint density at radius 1 is 1.22 bits per heavy atom. The molecular weight excluding hydrogens is 288 g/mol. The molecule has 23 heavy (non-hydrogen) atoms. The summed E-state index contributed by atoms with van der Waals surface area (Å²) in [5.41, 5.74) is 8.36. The van der Waals surface area contributed by atoms with Crippen LogP contribution in [0.5, 0.6) is 5.75 Å². The first-order valence-corrected chi connectivity index (χ1v) is 7.84. The van der Waals surface area contributed by atoms with Gasteiger partial charge in [0.1, 0.15) is 5.75 Å². The van der Waals surface area contributed by atoms with E-state index in [4.69, 9.17) is 10.5 Å². The lowest BCUT2D eigenvalue weighted by molar-refractivity contribution is 0.0702. The summed E-state index contributed by atoms with van der Waals surface area (Å²) < 4.78 is 5.27. The van der Waals surface area contributed by atoms with Crippen molar-refractivity contribution in [3.8, 4) is 5.75 Å². The van der Waals surface area contributed by atoms with Crippen LogP contribution < -0.4 is 10.5 Å². The Morgan fingerprint density at radius 2 is 1.91 bits per heavy atom. The molecule has 1 amide bonds. The molecule has 4 heteroatoms. The third-order valence-electron chi connectivity index (χ3n) is 4.08. The van der Waals surface area contributed by atoms with Crippen LogP contribution in [0.4, 0.5) is 0 Å². The number of carbonyl (C=O) groups excluding carboxylic acids is 1. The Labute approximate surface area is 137 Å². The smallest absolute Gasteiger partial charge is 0.254 e. The molecule has 4 nitrogen and oxygen atoms in total. The van der Waals surface area contributed by atoms with Crippen molar-refractivity contribution in [2.24, 2.45) is 5.73 Å². The van der Waals surface area contributed by atoms with Gasteiger partial charge in [-0.05, 0) is 49.2 Å². The second-order valence-corrected chi connectivity index (χ2v) is 5.44. The maximum atomic E-state index is 12.8. The minimum atomic E-state index is -0.0308. The summed E-state index contributed by atoms with van der Waals surface area (Å²) in [5, 5.41) is 0. The van der Waals surface area contributed by atoms with Gasteiger partial charge in [0.25, 0.3) is 5.91 Å². The second-order valence-electron chi connectivity index (χ2n) is 5.44. The number of nitrogens with two attached hydrogens (primary N) is 1. The highest BCUT2D eigenvalue weighted by molar-refractivity contribution is 5.94. The van der Waals surface area contributed by atoms with E-state index >= 15 is 0 Å². The molecule has 0 heterocycles. The number of nitrogens with zero attached hydrogens (tertiary/aromatic N) is 1. The molecule has 0 fully saturated rings. The molecule has 0 aliphatic carbocycles. The molecule has 122 valence electrons. The lowest BCUT2D eigenvalue weighted by Crippen LogP contribution is -2.33. The molecule has 0 saturated carbocycles. The van der Waals surface area contributed by atoms with E-state index in [0.29, 0.717) is 18.7 Å². The minimum absolute atomic E-state index is 0.0198. The average Bonchev–Trinajstić information content (AvgIpc) is 2.62. The molecule has 2 aromatic rings. The summed E-state index contributed by atoms with van der Waals surface area (Å²) in [6, 6.07) is 15.3. The standard InChI is InChI=1S/C19H24N2O2/c1-4-21(14(2)17-6-5-7-18(12-17)23-3)19(22)16-10-8-15(13-20)9-11-16/h5-12,14H,4,13,20H2,1-3H3. The molecule has 2 aromatic carbocycles. The number of hydrogen-bond donors (Lipinski definition) is 1. The molecule has 0 aromatic heterocycles. The van der Waals surface area contributed by atoms with E-state index in [1.807, 2.05) is 67.3 Å². The number of carbonyl (C=O) groups is 1. The molecule has 2 N–H and O–H groups in total. The second kappa shape index (κ2) is 7.79. The fourth-order valence-corrected chi connectivity index (χ4v) is 2.62. The predicted octanol–water partition coefficient (Wildman–Crippen LogP) is 3.38. The maximum Gasteiger partial charge on any atom is 0.254 e. The monoisotopic (exact) mass is 312 g/mol. The third-order valence-corrected chi connectivity index (χ3v) is 4.08. The molecule has 0 spiro atoms. The van der Waals surface area contributed by atoms with Crippen molar-refractivity contribution in [1.82, 2.24) is 4.90 Å². The topological polar surface area (TPSA) is 55.6 Å². The van der Waals surface area contributed by atoms with Gasteiger partial charge in [-0.1, -0.05) is 24.3 Å². The van der Waals surface area contributed by atoms with E-state index in [9.17, 15) is 4.79 Å². The van der Waals surface area contributed by atoms with Gasteiger partial charge in [0.05, 0.1) is 13.2 Å². The number of benzene rings is 2. The molecule has 0 bridgehead atoms. The quantitative estimate of drug-likeness (QED) is 0.889. The molecule has 0 aliphatic heterocycles. The van der Waals surface area contributed by atoms with Gasteiger partial charge >= 0.3 is 0 Å². The first kappa shape index (κ1) is 17.0. The van der Waals surface area contributed by atoms with E-state index in [-0.39, 0.29) is 11.9 Å². The van der Waals surface area contributed by atoms with Crippen LogP contribution in [0.3, 0.4) is 0 Å². The minimum Gasteiger partial charge on any atom is -0.497 e. The van der Waals surface area contributed by atoms with Gasteiger partial charge in [-0.15, -0.1) is 0 Å². The van der Waals surface area contributed by atoms with Crippen molar-refractivity contribution >= 4 is 5.91 Å². The van der Waals surface area contributed by atoms with Crippen LogP contribution in [-0.4, -0.2) is 24.5 Å². The fourth-order valence-electron chi connectivity index (χ4n) is 2.62. The zero-order chi connectivity index (χ0) is 16.8. The first-order valence-electron chi connectivity index (χ1n) is 7.84. The van der Waals surface area contributed by atoms with Gasteiger partial charge < -0.3 is 15.4 Å². The van der Waals surface area contributed by atoms with Crippen LogP contribution in [0.1, 0.15) is 41.4 Å². The highest BCUT2D eigenvalue weighted by atomic mass is 16.5. The van der Waals surface area contributed by atoms with E-state index in [1.54, 1.807) is 7.11 Å². The van der Waals surface area contributed by atoms with Crippen molar-refractivity contribution in [3.63, 3.8) is 0 Å². The highest BCUT2D eigenvalue weighted by Crippen LogP contribution is 2.25. The maximum absolute atomic E-state index is 12.8. The highest BCUT2D eigenvalue weighted by Gasteiger charge is 2.21. The molecule has 0 aliphatic rings. The van der Waals surface area contributed by atoms with Gasteiger partial charge in [-0.3, -0.25) is 4.79 Å². The summed E-state index contributed by atoms with van der Waals surface area (Å²) in [6.45, 7) is 5.13. The number of methoxy groups -OCH3 is 1. The van der Waals surface area contributed by atoms with E-state index < -0.39 is 0 Å². The zero-order valence-electron chi connectivity index (χ0n) is 14.0. The van der Waals surface area contributed by atoms with Crippen molar-refractivity contribution in [3.05, 3.63) is 65.2 Å². The molecule has 1 atom stereocenters. The average molecular weight is 312 g/mol. The molecule has 0 radical (unpaired) electrons. The largest absolute Gasteiger partial charge is 0.497 e. The van der Waals surface area contributed by atoms with Crippen LogP contribution in [0.2, 0.25) is 0 Å². The Kier molecular flexibility index (Phi) is 5.77. The normalized spacial score (nSPS) is 11.8. The predicted molar refractivity (Wildman–Crippen MR) is 92.5 cm³/mol. The van der Waals surface area contributed by atoms with Crippen LogP contribution in [0.15, 0.2) is 48.5 Å². The van der Waals surface area contributed by atoms with Crippen molar-refractivity contribution in [1.29, 1.82) is 0 Å². The van der Waals surface area contributed by atoms with Gasteiger partial charge in [-0.25, -0.2) is 0 Å². The lowest BCUT2D eigenvalue weighted by atomic mass is 10.0. The van der Waals surface area contributed by atoms with Crippen molar-refractivity contribution in [2.45, 2.75) is 26.4 Å². The lowest BCUT2D eigenvalue weighted by Gasteiger charge is -2.29. The van der Waals surface area contributed by atoms with Crippen LogP contribution in [0.25, 0.3) is 0 Å². The van der Waals surface area contributed by atoms with Gasteiger partial charge in [-0.2, -0.15) is 0 Å². The van der Waals surface area contributed by atoms with Gasteiger partial charge in [0.2, 0.25) is 0 Å². The number of hydrogen-bond acceptors (Lipinski definition) is 3. The first-order chi connectivity index (χ1) is 11.1. The molecule has 1 unspecified atom stereocenters. The van der Waals surface area contributed by atoms with Gasteiger partial charge in [0, 0.05) is 18.7 Å². The van der Waals surface area contributed by atoms with Crippen molar-refractivity contribution < 1.29 is 9.53 Å². The summed E-state index contributed by atoms with van der Waals surface area (Å²) in [7, 11) is 1.64. The molecule has 0 saturated heterocycles. The zero-order valence-corrected chi connectivity index (χ0v) is 14.0. The molecule has 2 rings (SSSR count). The summed E-state index contributed by atoms with van der Waals surface area (Å²) in [5.74, 6) is 0.816.